The minimum atomic E-state index is -0.149. The second-order valence-corrected chi connectivity index (χ2v) is 7.29. The van der Waals surface area contributed by atoms with E-state index in [2.05, 4.69) is 45.0 Å². The van der Waals surface area contributed by atoms with Crippen molar-refractivity contribution >= 4 is 0 Å². The summed E-state index contributed by atoms with van der Waals surface area (Å²) in [4.78, 5) is 2.55. The highest BCUT2D eigenvalue weighted by Crippen LogP contribution is 2.29. The van der Waals surface area contributed by atoms with Crippen LogP contribution in [0.5, 0.6) is 0 Å². The molecule has 1 aliphatic carbocycles. The summed E-state index contributed by atoms with van der Waals surface area (Å²) < 4.78 is 0. The van der Waals surface area contributed by atoms with Crippen LogP contribution in [0, 0.1) is 5.92 Å². The molecule has 0 radical (unpaired) electrons. The van der Waals surface area contributed by atoms with Crippen LogP contribution in [-0.2, 0) is 0 Å². The fourth-order valence-corrected chi connectivity index (χ4v) is 3.55. The second kappa shape index (κ2) is 8.35. The van der Waals surface area contributed by atoms with Crippen molar-refractivity contribution in [3.63, 3.8) is 0 Å². The zero-order valence-electron chi connectivity index (χ0n) is 14.3. The Bertz CT molecular complexity index is 272. The molecule has 0 aliphatic heterocycles. The summed E-state index contributed by atoms with van der Waals surface area (Å²) in [6.07, 6.45) is 7.55. The van der Waals surface area contributed by atoms with Gasteiger partial charge in [0.2, 0.25) is 0 Å². The van der Waals surface area contributed by atoms with Gasteiger partial charge in [-0.15, -0.1) is 0 Å². The molecule has 2 N–H and O–H groups in total. The summed E-state index contributed by atoms with van der Waals surface area (Å²) in [6.45, 7) is 10.2. The predicted molar refractivity (Wildman–Crippen MR) is 87.0 cm³/mol. The molecule has 3 nitrogen and oxygen atoms in total. The quantitative estimate of drug-likeness (QED) is 0.719. The summed E-state index contributed by atoms with van der Waals surface area (Å²) in [5, 5.41) is 13.2. The van der Waals surface area contributed by atoms with E-state index in [0.29, 0.717) is 6.04 Å². The third-order valence-electron chi connectivity index (χ3n) is 5.08. The normalized spacial score (nSPS) is 28.4. The molecular formula is C17H36N2O. The number of nitrogens with zero attached hydrogens (tertiary/aromatic N) is 1. The van der Waals surface area contributed by atoms with Crippen molar-refractivity contribution in [3.8, 4) is 0 Å². The second-order valence-electron chi connectivity index (χ2n) is 7.29. The van der Waals surface area contributed by atoms with Crippen LogP contribution in [0.25, 0.3) is 0 Å². The van der Waals surface area contributed by atoms with Gasteiger partial charge in [0, 0.05) is 17.6 Å². The van der Waals surface area contributed by atoms with Gasteiger partial charge in [-0.2, -0.15) is 0 Å². The Kier molecular flexibility index (Phi) is 7.49. The van der Waals surface area contributed by atoms with Crippen molar-refractivity contribution in [1.29, 1.82) is 0 Å². The first-order valence-electron chi connectivity index (χ1n) is 8.49. The lowest BCUT2D eigenvalue weighted by molar-refractivity contribution is 0.0833. The van der Waals surface area contributed by atoms with Gasteiger partial charge in [-0.1, -0.05) is 26.7 Å². The number of hydrogen-bond acceptors (Lipinski definition) is 3. The van der Waals surface area contributed by atoms with Crippen LogP contribution in [0.1, 0.15) is 66.2 Å². The van der Waals surface area contributed by atoms with Crippen molar-refractivity contribution in [2.24, 2.45) is 5.92 Å². The Balaban J connectivity index is 2.52. The highest BCUT2D eigenvalue weighted by molar-refractivity contribution is 4.89. The maximum absolute atomic E-state index is 9.71. The van der Waals surface area contributed by atoms with E-state index in [-0.39, 0.29) is 12.1 Å². The minimum absolute atomic E-state index is 0.149. The lowest BCUT2D eigenvalue weighted by Crippen LogP contribution is -2.52. The monoisotopic (exact) mass is 284 g/mol. The molecule has 0 bridgehead atoms. The molecule has 120 valence electrons. The summed E-state index contributed by atoms with van der Waals surface area (Å²) in [7, 11) is 2.27. The van der Waals surface area contributed by atoms with Gasteiger partial charge in [0.15, 0.2) is 0 Å². The van der Waals surface area contributed by atoms with E-state index in [1.54, 1.807) is 0 Å². The van der Waals surface area contributed by atoms with E-state index in [1.165, 1.54) is 25.7 Å². The first-order valence-corrected chi connectivity index (χ1v) is 8.49. The fourth-order valence-electron chi connectivity index (χ4n) is 3.55. The summed E-state index contributed by atoms with van der Waals surface area (Å²) in [5.74, 6) is 0.867. The van der Waals surface area contributed by atoms with Crippen LogP contribution in [0.4, 0.5) is 0 Å². The molecule has 1 rings (SSSR count). The first-order chi connectivity index (χ1) is 9.41. The first kappa shape index (κ1) is 17.9. The molecular weight excluding hydrogens is 248 g/mol. The van der Waals surface area contributed by atoms with Crippen molar-refractivity contribution in [1.82, 2.24) is 10.2 Å². The van der Waals surface area contributed by atoms with Gasteiger partial charge in [0.05, 0.1) is 6.61 Å². The Morgan fingerprint density at radius 1 is 1.40 bits per heavy atom. The minimum Gasteiger partial charge on any atom is -0.394 e. The van der Waals surface area contributed by atoms with Crippen LogP contribution in [-0.4, -0.2) is 47.8 Å². The molecule has 0 amide bonds. The molecule has 4 unspecified atom stereocenters. The lowest BCUT2D eigenvalue weighted by Gasteiger charge is -2.41. The van der Waals surface area contributed by atoms with Crippen molar-refractivity contribution in [2.75, 3.05) is 20.2 Å². The molecule has 3 heteroatoms. The molecule has 0 aromatic carbocycles. The average molecular weight is 284 g/mol. The van der Waals surface area contributed by atoms with Crippen LogP contribution < -0.4 is 5.32 Å². The third-order valence-corrected chi connectivity index (χ3v) is 5.08. The van der Waals surface area contributed by atoms with E-state index in [4.69, 9.17) is 0 Å². The summed E-state index contributed by atoms with van der Waals surface area (Å²) in [5.41, 5.74) is -0.149. The van der Waals surface area contributed by atoms with E-state index < -0.39 is 0 Å². The molecule has 0 spiro atoms. The zero-order valence-corrected chi connectivity index (χ0v) is 14.3. The maximum Gasteiger partial charge on any atom is 0.0611 e. The molecule has 20 heavy (non-hydrogen) atoms. The molecule has 1 saturated carbocycles. The van der Waals surface area contributed by atoms with Gasteiger partial charge in [0.1, 0.15) is 0 Å². The molecule has 4 atom stereocenters. The maximum atomic E-state index is 9.71. The summed E-state index contributed by atoms with van der Waals surface area (Å²) >= 11 is 0. The van der Waals surface area contributed by atoms with Gasteiger partial charge in [0.25, 0.3) is 0 Å². The molecule has 0 aromatic rings. The van der Waals surface area contributed by atoms with Gasteiger partial charge in [-0.05, 0) is 59.0 Å². The highest BCUT2D eigenvalue weighted by atomic mass is 16.3. The fraction of sp³-hybridized carbons (Fsp3) is 1.00. The number of nitrogens with one attached hydrogen (secondary N) is 1. The van der Waals surface area contributed by atoms with E-state index >= 15 is 0 Å². The largest absolute Gasteiger partial charge is 0.394 e. The van der Waals surface area contributed by atoms with Gasteiger partial charge in [-0.3, -0.25) is 0 Å². The third kappa shape index (κ3) is 5.34. The van der Waals surface area contributed by atoms with Crippen LogP contribution in [0.2, 0.25) is 0 Å². The molecule has 0 heterocycles. The lowest BCUT2D eigenvalue weighted by atomic mass is 9.85. The topological polar surface area (TPSA) is 35.5 Å². The van der Waals surface area contributed by atoms with Crippen LogP contribution in [0.15, 0.2) is 0 Å². The summed E-state index contributed by atoms with van der Waals surface area (Å²) in [6, 6.07) is 1.23. The average Bonchev–Trinajstić information content (AvgIpc) is 2.44. The number of hydrogen-bond donors (Lipinski definition) is 2. The number of aliphatic hydroxyl groups is 1. The molecule has 0 saturated heterocycles. The predicted octanol–water partition coefficient (Wildman–Crippen LogP) is 3.03. The van der Waals surface area contributed by atoms with E-state index in [0.717, 1.165) is 31.3 Å². The van der Waals surface area contributed by atoms with E-state index in [9.17, 15) is 5.11 Å². The van der Waals surface area contributed by atoms with Crippen molar-refractivity contribution in [2.45, 2.75) is 83.8 Å². The van der Waals surface area contributed by atoms with Crippen molar-refractivity contribution < 1.29 is 5.11 Å². The SMILES string of the molecule is CCCNC(C)(CO)CC(C)N(C)C1CCCC(C)C1. The van der Waals surface area contributed by atoms with Crippen molar-refractivity contribution in [3.05, 3.63) is 0 Å². The smallest absolute Gasteiger partial charge is 0.0611 e. The number of aliphatic hydroxyl groups excluding tert-OH is 1. The van der Waals surface area contributed by atoms with E-state index in [1.807, 2.05) is 0 Å². The molecule has 1 aliphatic rings. The van der Waals surface area contributed by atoms with Crippen LogP contribution >= 0.6 is 0 Å². The Morgan fingerprint density at radius 2 is 2.10 bits per heavy atom. The Morgan fingerprint density at radius 3 is 2.65 bits per heavy atom. The molecule has 0 aromatic heterocycles. The Labute approximate surface area is 126 Å². The van der Waals surface area contributed by atoms with Gasteiger partial charge in [-0.25, -0.2) is 0 Å². The Hall–Kier alpha value is -0.120. The highest BCUT2D eigenvalue weighted by Gasteiger charge is 2.30. The van der Waals surface area contributed by atoms with Gasteiger partial charge < -0.3 is 15.3 Å². The zero-order chi connectivity index (χ0) is 15.2. The standard InChI is InChI=1S/C17H36N2O/c1-6-10-18-17(4,13-20)12-15(3)19(5)16-9-7-8-14(2)11-16/h14-16,18,20H,6-13H2,1-5H3. The molecule has 1 fully saturated rings. The van der Waals surface area contributed by atoms with Gasteiger partial charge >= 0.3 is 0 Å². The number of rotatable bonds is 8. The van der Waals surface area contributed by atoms with Crippen LogP contribution in [0.3, 0.4) is 0 Å².